The Morgan fingerprint density at radius 1 is 1.05 bits per heavy atom. The third kappa shape index (κ3) is 12.1. The summed E-state index contributed by atoms with van der Waals surface area (Å²) in [5.74, 6) is -1.14. The van der Waals surface area contributed by atoms with Gasteiger partial charge < -0.3 is 25.3 Å². The molecule has 0 bridgehead atoms. The second-order valence-corrected chi connectivity index (χ2v) is 11.6. The summed E-state index contributed by atoms with van der Waals surface area (Å²) in [6, 6.07) is 3.91. The van der Waals surface area contributed by atoms with Crippen LogP contribution in [0, 0.1) is 0 Å². The Bertz CT molecular complexity index is 1280. The molecule has 0 spiro atoms. The van der Waals surface area contributed by atoms with Crippen molar-refractivity contribution >= 4 is 53.3 Å². The van der Waals surface area contributed by atoms with Gasteiger partial charge in [-0.2, -0.15) is 0 Å². The highest BCUT2D eigenvalue weighted by molar-refractivity contribution is 6.36. The van der Waals surface area contributed by atoms with E-state index in [1.807, 2.05) is 0 Å². The summed E-state index contributed by atoms with van der Waals surface area (Å²) in [7, 11) is 0. The van der Waals surface area contributed by atoms with Gasteiger partial charge in [0.1, 0.15) is 24.1 Å². The molecule has 1 atom stereocenters. The van der Waals surface area contributed by atoms with Crippen LogP contribution in [0.15, 0.2) is 35.7 Å². The maximum absolute atomic E-state index is 12.6. The number of hydrogen-bond acceptors (Lipinski definition) is 8. The number of hydrogen-bond donors (Lipinski definition) is 3. The summed E-state index contributed by atoms with van der Waals surface area (Å²) in [6.45, 7) is 9.81. The highest BCUT2D eigenvalue weighted by Crippen LogP contribution is 2.24. The lowest BCUT2D eigenvalue weighted by Crippen LogP contribution is -2.43. The Kier molecular flexibility index (Phi) is 11.5. The molecule has 1 aromatic heterocycles. The Labute approximate surface area is 247 Å². The summed E-state index contributed by atoms with van der Waals surface area (Å²) >= 11 is 12.1. The molecule has 15 heteroatoms. The van der Waals surface area contributed by atoms with Crippen molar-refractivity contribution in [2.45, 2.75) is 71.6 Å². The summed E-state index contributed by atoms with van der Waals surface area (Å²) in [6.07, 6.45) is -0.137. The number of alkyl carbamates (subject to hydrolysis) is 1. The van der Waals surface area contributed by atoms with E-state index in [9.17, 15) is 19.2 Å². The number of nitrogens with zero attached hydrogens (tertiary/aromatic N) is 3. The highest BCUT2D eigenvalue weighted by Gasteiger charge is 2.25. The molecular formula is C26H34Cl2N6O7. The van der Waals surface area contributed by atoms with Gasteiger partial charge in [-0.3, -0.25) is 10.1 Å². The fraction of sp³-hybridized carbons (Fsp3) is 0.462. The number of guanidine groups is 1. The molecule has 0 fully saturated rings. The zero-order valence-electron chi connectivity index (χ0n) is 23.6. The van der Waals surface area contributed by atoms with Crippen molar-refractivity contribution < 1.29 is 33.4 Å². The number of aromatic nitrogens is 2. The number of nitrogens with one attached hydrogen (secondary N) is 2. The van der Waals surface area contributed by atoms with Gasteiger partial charge in [-0.05, 0) is 59.2 Å². The maximum Gasteiger partial charge on any atom is 0.436 e. The van der Waals surface area contributed by atoms with E-state index in [4.69, 9.17) is 43.1 Å². The minimum atomic E-state index is -1.14. The first-order chi connectivity index (χ1) is 18.9. The Hall–Kier alpha value is -3.84. The molecule has 1 aromatic carbocycles. The van der Waals surface area contributed by atoms with Gasteiger partial charge in [-0.15, -0.1) is 4.99 Å². The molecule has 4 N–H and O–H groups in total. The van der Waals surface area contributed by atoms with Crippen LogP contribution in [0.5, 0.6) is 0 Å². The number of imidazole rings is 1. The molecule has 13 nitrogen and oxygen atoms in total. The monoisotopic (exact) mass is 612 g/mol. The van der Waals surface area contributed by atoms with Gasteiger partial charge in [-0.25, -0.2) is 23.9 Å². The summed E-state index contributed by atoms with van der Waals surface area (Å²) in [4.78, 5) is 57.2. The first kappa shape index (κ1) is 33.4. The number of ether oxygens (including phenoxy) is 3. The van der Waals surface area contributed by atoms with Gasteiger partial charge in [0.25, 0.3) is 0 Å². The first-order valence-electron chi connectivity index (χ1n) is 12.4. The predicted octanol–water partition coefficient (Wildman–Crippen LogP) is 4.22. The van der Waals surface area contributed by atoms with Crippen LogP contribution < -0.4 is 16.4 Å². The van der Waals surface area contributed by atoms with Crippen LogP contribution in [0.2, 0.25) is 10.0 Å². The predicted molar refractivity (Wildman–Crippen MR) is 152 cm³/mol. The van der Waals surface area contributed by atoms with Gasteiger partial charge in [-0.1, -0.05) is 29.3 Å². The maximum atomic E-state index is 12.6. The van der Waals surface area contributed by atoms with Crippen LogP contribution in [0.4, 0.5) is 14.4 Å². The Balaban J connectivity index is 2.08. The Morgan fingerprint density at radius 3 is 2.24 bits per heavy atom. The molecule has 224 valence electrons. The highest BCUT2D eigenvalue weighted by atomic mass is 35.5. The van der Waals surface area contributed by atoms with Gasteiger partial charge in [0.2, 0.25) is 11.9 Å². The average Bonchev–Trinajstić information content (AvgIpc) is 3.26. The molecule has 2 aromatic rings. The third-order valence-corrected chi connectivity index (χ3v) is 5.48. The van der Waals surface area contributed by atoms with Crippen LogP contribution in [0.1, 0.15) is 52.8 Å². The van der Waals surface area contributed by atoms with Crippen LogP contribution in [-0.2, 0) is 31.8 Å². The SMILES string of the molecule is CC(C)(C)OC(=O)N[C@H](COC(=O)N=C(N)NC(=O)Cc1c(Cl)cccc1Cl)Cc1cncn1C(=O)OC(C)(C)C. The summed E-state index contributed by atoms with van der Waals surface area (Å²) in [5, 5.41) is 5.43. The lowest BCUT2D eigenvalue weighted by Gasteiger charge is -2.24. The van der Waals surface area contributed by atoms with Crippen LogP contribution in [0.3, 0.4) is 0 Å². The molecule has 0 saturated heterocycles. The number of amides is 3. The van der Waals surface area contributed by atoms with Gasteiger partial charge in [0, 0.05) is 22.7 Å². The van der Waals surface area contributed by atoms with Crippen molar-refractivity contribution in [2.24, 2.45) is 10.7 Å². The van der Waals surface area contributed by atoms with Crippen molar-refractivity contribution in [1.82, 2.24) is 20.2 Å². The number of rotatable bonds is 7. The molecule has 0 saturated carbocycles. The largest absolute Gasteiger partial charge is 0.446 e. The minimum absolute atomic E-state index is 0.000290. The zero-order chi connectivity index (χ0) is 31.0. The molecule has 0 unspecified atom stereocenters. The molecule has 0 aliphatic carbocycles. The van der Waals surface area contributed by atoms with E-state index in [1.54, 1.807) is 59.7 Å². The molecule has 0 radical (unpaired) electrons. The lowest BCUT2D eigenvalue weighted by atomic mass is 10.1. The molecular weight excluding hydrogens is 579 g/mol. The van der Waals surface area contributed by atoms with Crippen molar-refractivity contribution in [3.8, 4) is 0 Å². The van der Waals surface area contributed by atoms with Crippen LogP contribution >= 0.6 is 23.2 Å². The number of aliphatic imine (C=N–C) groups is 1. The van der Waals surface area contributed by atoms with Crippen molar-refractivity contribution in [2.75, 3.05) is 6.61 Å². The van der Waals surface area contributed by atoms with E-state index in [1.165, 1.54) is 17.1 Å². The van der Waals surface area contributed by atoms with Crippen molar-refractivity contribution in [1.29, 1.82) is 0 Å². The van der Waals surface area contributed by atoms with E-state index < -0.39 is 54.0 Å². The van der Waals surface area contributed by atoms with E-state index in [2.05, 4.69) is 20.6 Å². The normalized spacial score (nSPS) is 12.7. The molecule has 3 amide bonds. The number of carbonyl (C=O) groups is 4. The second kappa shape index (κ2) is 14.2. The summed E-state index contributed by atoms with van der Waals surface area (Å²) in [5.41, 5.74) is 4.87. The van der Waals surface area contributed by atoms with E-state index in [0.717, 1.165) is 0 Å². The van der Waals surface area contributed by atoms with E-state index in [0.29, 0.717) is 21.3 Å². The molecule has 0 aliphatic rings. The molecule has 41 heavy (non-hydrogen) atoms. The average molecular weight is 613 g/mol. The van der Waals surface area contributed by atoms with Gasteiger partial charge in [0.05, 0.1) is 18.2 Å². The molecule has 1 heterocycles. The zero-order valence-corrected chi connectivity index (χ0v) is 25.1. The number of nitrogens with two attached hydrogens (primary N) is 1. The van der Waals surface area contributed by atoms with Crippen LogP contribution in [0.25, 0.3) is 0 Å². The van der Waals surface area contributed by atoms with Gasteiger partial charge >= 0.3 is 18.3 Å². The topological polar surface area (TPSA) is 176 Å². The van der Waals surface area contributed by atoms with E-state index >= 15 is 0 Å². The number of carbonyl (C=O) groups excluding carboxylic acids is 4. The van der Waals surface area contributed by atoms with Crippen molar-refractivity contribution in [3.63, 3.8) is 0 Å². The first-order valence-corrected chi connectivity index (χ1v) is 13.2. The lowest BCUT2D eigenvalue weighted by molar-refractivity contribution is -0.119. The molecule has 2 rings (SSSR count). The second-order valence-electron chi connectivity index (χ2n) is 10.8. The number of halogens is 2. The molecule has 0 aliphatic heterocycles. The standard InChI is InChI=1S/C26H34Cl2N6O7/c1-25(2,3)40-23(37)31-15(10-16-12-30-14-34(16)24(38)41-26(4,5)6)13-39-22(36)33-21(29)32-20(35)11-17-18(27)8-7-9-19(17)28/h7-9,12,14-15H,10-11,13H2,1-6H3,(H,31,37)(H3,29,32,33,35,36)/t15-/m0/s1. The van der Waals surface area contributed by atoms with Crippen molar-refractivity contribution in [3.05, 3.63) is 52.0 Å². The smallest absolute Gasteiger partial charge is 0.436 e. The van der Waals surface area contributed by atoms with Gasteiger partial charge in [0.15, 0.2) is 0 Å². The fourth-order valence-corrected chi connectivity index (χ4v) is 3.74. The number of benzene rings is 1. The third-order valence-electron chi connectivity index (χ3n) is 4.77. The quantitative estimate of drug-likeness (QED) is 0.234. The van der Waals surface area contributed by atoms with Crippen LogP contribution in [-0.4, -0.2) is 63.5 Å². The minimum Gasteiger partial charge on any atom is -0.446 e. The fourth-order valence-electron chi connectivity index (χ4n) is 3.21. The van der Waals surface area contributed by atoms with E-state index in [-0.39, 0.29) is 12.8 Å². The summed E-state index contributed by atoms with van der Waals surface area (Å²) < 4.78 is 17.0. The Morgan fingerprint density at radius 2 is 1.66 bits per heavy atom.